The summed E-state index contributed by atoms with van der Waals surface area (Å²) in [5.41, 5.74) is -1.29. The van der Waals surface area contributed by atoms with Crippen LogP contribution in [0.3, 0.4) is 0 Å². The summed E-state index contributed by atoms with van der Waals surface area (Å²) < 4.78 is 0. The number of piperidine rings is 1. The Morgan fingerprint density at radius 1 is 1.11 bits per heavy atom. The van der Waals surface area contributed by atoms with E-state index in [0.29, 0.717) is 12.0 Å². The molecule has 2 unspecified atom stereocenters. The SMILES string of the molecule is CC(C)(C(=O)O)C(=O)N1CCCC2CCCCC21. The number of carboxylic acid groups (broad SMARTS) is 1. The van der Waals surface area contributed by atoms with Gasteiger partial charge in [-0.05, 0) is 45.4 Å². The Morgan fingerprint density at radius 2 is 1.72 bits per heavy atom. The van der Waals surface area contributed by atoms with Gasteiger partial charge in [-0.1, -0.05) is 12.8 Å². The summed E-state index contributed by atoms with van der Waals surface area (Å²) >= 11 is 0. The van der Waals surface area contributed by atoms with Gasteiger partial charge in [-0.15, -0.1) is 0 Å². The van der Waals surface area contributed by atoms with Crippen LogP contribution in [0.2, 0.25) is 0 Å². The Kier molecular flexibility index (Phi) is 3.64. The summed E-state index contributed by atoms with van der Waals surface area (Å²) in [7, 11) is 0. The molecule has 0 bridgehead atoms. The van der Waals surface area contributed by atoms with Crippen LogP contribution in [0.1, 0.15) is 52.4 Å². The summed E-state index contributed by atoms with van der Waals surface area (Å²) in [6.45, 7) is 3.77. The number of hydrogen-bond donors (Lipinski definition) is 1. The average molecular weight is 253 g/mol. The van der Waals surface area contributed by atoms with Crippen LogP contribution in [0.5, 0.6) is 0 Å². The number of nitrogens with zero attached hydrogens (tertiary/aromatic N) is 1. The van der Waals surface area contributed by atoms with Crippen LogP contribution in [0.25, 0.3) is 0 Å². The summed E-state index contributed by atoms with van der Waals surface area (Å²) in [5.74, 6) is -0.627. The van der Waals surface area contributed by atoms with E-state index >= 15 is 0 Å². The predicted octanol–water partition coefficient (Wildman–Crippen LogP) is 2.28. The Hall–Kier alpha value is -1.06. The first-order valence-corrected chi connectivity index (χ1v) is 6.99. The Bertz CT molecular complexity index is 349. The van der Waals surface area contributed by atoms with Gasteiger partial charge in [0.25, 0.3) is 0 Å². The number of rotatable bonds is 2. The molecule has 1 aliphatic carbocycles. The van der Waals surface area contributed by atoms with Gasteiger partial charge < -0.3 is 10.0 Å². The summed E-state index contributed by atoms with van der Waals surface area (Å²) in [6, 6.07) is 0.290. The molecule has 2 aliphatic rings. The molecule has 0 aromatic carbocycles. The summed E-state index contributed by atoms with van der Waals surface area (Å²) in [4.78, 5) is 25.5. The van der Waals surface area contributed by atoms with E-state index in [0.717, 1.165) is 19.4 Å². The molecule has 0 aromatic heterocycles. The first-order chi connectivity index (χ1) is 8.44. The van der Waals surface area contributed by atoms with E-state index in [-0.39, 0.29) is 5.91 Å². The lowest BCUT2D eigenvalue weighted by Gasteiger charge is -2.45. The van der Waals surface area contributed by atoms with Gasteiger partial charge in [-0.25, -0.2) is 0 Å². The van der Waals surface area contributed by atoms with Crippen molar-refractivity contribution in [2.24, 2.45) is 11.3 Å². The average Bonchev–Trinajstić information content (AvgIpc) is 2.37. The van der Waals surface area contributed by atoms with Gasteiger partial charge in [-0.3, -0.25) is 9.59 Å². The molecule has 4 heteroatoms. The molecule has 0 aromatic rings. The largest absolute Gasteiger partial charge is 0.480 e. The van der Waals surface area contributed by atoms with Crippen LogP contribution in [-0.2, 0) is 9.59 Å². The zero-order chi connectivity index (χ0) is 13.3. The van der Waals surface area contributed by atoms with E-state index in [1.54, 1.807) is 0 Å². The number of hydrogen-bond acceptors (Lipinski definition) is 2. The lowest BCUT2D eigenvalue weighted by molar-refractivity contribution is -0.161. The van der Waals surface area contributed by atoms with Crippen molar-refractivity contribution in [2.75, 3.05) is 6.54 Å². The van der Waals surface area contributed by atoms with E-state index in [4.69, 9.17) is 0 Å². The smallest absolute Gasteiger partial charge is 0.318 e. The van der Waals surface area contributed by atoms with Gasteiger partial charge >= 0.3 is 5.97 Å². The molecular formula is C14H23NO3. The van der Waals surface area contributed by atoms with E-state index in [1.807, 2.05) is 4.90 Å². The maximum Gasteiger partial charge on any atom is 0.318 e. The standard InChI is InChI=1S/C14H23NO3/c1-14(2,13(17)18)12(16)15-9-5-7-10-6-3-4-8-11(10)15/h10-11H,3-9H2,1-2H3,(H,17,18). The van der Waals surface area contributed by atoms with Crippen LogP contribution in [0.4, 0.5) is 0 Å². The van der Waals surface area contributed by atoms with E-state index in [2.05, 4.69) is 0 Å². The summed E-state index contributed by atoms with van der Waals surface area (Å²) in [5, 5.41) is 9.19. The molecule has 1 N–H and O–H groups in total. The van der Waals surface area contributed by atoms with Crippen molar-refractivity contribution >= 4 is 11.9 Å². The van der Waals surface area contributed by atoms with Crippen LogP contribution in [0.15, 0.2) is 0 Å². The normalized spacial score (nSPS) is 28.7. The van der Waals surface area contributed by atoms with Crippen LogP contribution in [0, 0.1) is 11.3 Å². The van der Waals surface area contributed by atoms with E-state index < -0.39 is 11.4 Å². The molecule has 0 radical (unpaired) electrons. The zero-order valence-electron chi connectivity index (χ0n) is 11.3. The second-order valence-electron chi connectivity index (χ2n) is 6.18. The highest BCUT2D eigenvalue weighted by Gasteiger charge is 2.44. The third-order valence-electron chi connectivity index (χ3n) is 4.57. The number of carbonyl (C=O) groups is 2. The second-order valence-corrected chi connectivity index (χ2v) is 6.18. The number of fused-ring (bicyclic) bond motifs is 1. The molecule has 0 spiro atoms. The van der Waals surface area contributed by atoms with Crippen molar-refractivity contribution < 1.29 is 14.7 Å². The zero-order valence-corrected chi connectivity index (χ0v) is 11.3. The molecule has 1 amide bonds. The lowest BCUT2D eigenvalue weighted by Crippen LogP contribution is -2.55. The van der Waals surface area contributed by atoms with Crippen LogP contribution < -0.4 is 0 Å². The highest BCUT2D eigenvalue weighted by Crippen LogP contribution is 2.37. The van der Waals surface area contributed by atoms with Crippen molar-refractivity contribution in [3.05, 3.63) is 0 Å². The molecule has 18 heavy (non-hydrogen) atoms. The maximum absolute atomic E-state index is 12.5. The topological polar surface area (TPSA) is 57.6 Å². The molecule has 1 saturated heterocycles. The number of aliphatic carboxylic acids is 1. The minimum atomic E-state index is -1.29. The maximum atomic E-state index is 12.5. The van der Waals surface area contributed by atoms with Gasteiger partial charge in [0.05, 0.1) is 0 Å². The molecule has 1 aliphatic heterocycles. The molecule has 2 atom stereocenters. The van der Waals surface area contributed by atoms with Crippen molar-refractivity contribution in [1.29, 1.82) is 0 Å². The highest BCUT2D eigenvalue weighted by atomic mass is 16.4. The molecule has 4 nitrogen and oxygen atoms in total. The number of likely N-dealkylation sites (tertiary alicyclic amines) is 1. The first kappa shape index (κ1) is 13.4. The monoisotopic (exact) mass is 253 g/mol. The van der Waals surface area contributed by atoms with E-state index in [1.165, 1.54) is 39.5 Å². The molecule has 2 rings (SSSR count). The number of carbonyl (C=O) groups excluding carboxylic acids is 1. The third kappa shape index (κ3) is 2.25. The number of amides is 1. The third-order valence-corrected chi connectivity index (χ3v) is 4.57. The molecule has 1 heterocycles. The minimum absolute atomic E-state index is 0.202. The van der Waals surface area contributed by atoms with Gasteiger partial charge in [0.1, 0.15) is 5.41 Å². The fourth-order valence-electron chi connectivity index (χ4n) is 3.33. The van der Waals surface area contributed by atoms with Crippen molar-refractivity contribution in [1.82, 2.24) is 4.90 Å². The van der Waals surface area contributed by atoms with Gasteiger partial charge in [-0.2, -0.15) is 0 Å². The molecule has 1 saturated carbocycles. The van der Waals surface area contributed by atoms with Crippen LogP contribution in [-0.4, -0.2) is 34.5 Å². The van der Waals surface area contributed by atoms with Gasteiger partial charge in [0.2, 0.25) is 5.91 Å². The van der Waals surface area contributed by atoms with Crippen molar-refractivity contribution in [2.45, 2.75) is 58.4 Å². The predicted molar refractivity (Wildman–Crippen MR) is 68.1 cm³/mol. The second kappa shape index (κ2) is 4.90. The fourth-order valence-corrected chi connectivity index (χ4v) is 3.33. The van der Waals surface area contributed by atoms with Gasteiger partial charge in [0.15, 0.2) is 0 Å². The van der Waals surface area contributed by atoms with Crippen molar-refractivity contribution in [3.63, 3.8) is 0 Å². The van der Waals surface area contributed by atoms with Crippen molar-refractivity contribution in [3.8, 4) is 0 Å². The number of carboxylic acids is 1. The van der Waals surface area contributed by atoms with E-state index in [9.17, 15) is 14.7 Å². The molecule has 102 valence electrons. The Balaban J connectivity index is 2.16. The quantitative estimate of drug-likeness (QED) is 0.768. The molecule has 2 fully saturated rings. The summed E-state index contributed by atoms with van der Waals surface area (Å²) in [6.07, 6.45) is 6.88. The Labute approximate surface area is 108 Å². The lowest BCUT2D eigenvalue weighted by atomic mass is 9.77. The van der Waals surface area contributed by atoms with Gasteiger partial charge in [0, 0.05) is 12.6 Å². The fraction of sp³-hybridized carbons (Fsp3) is 0.857. The Morgan fingerprint density at radius 3 is 2.39 bits per heavy atom. The minimum Gasteiger partial charge on any atom is -0.480 e. The highest BCUT2D eigenvalue weighted by molar-refractivity contribution is 6.01. The first-order valence-electron chi connectivity index (χ1n) is 6.99. The van der Waals surface area contributed by atoms with Crippen LogP contribution >= 0.6 is 0 Å². The molecular weight excluding hydrogens is 230 g/mol.